The van der Waals surface area contributed by atoms with Crippen molar-refractivity contribution in [2.24, 2.45) is 0 Å². The molecule has 0 aliphatic carbocycles. The summed E-state index contributed by atoms with van der Waals surface area (Å²) in [5.74, 6) is 0.720. The molecule has 0 saturated carbocycles. The van der Waals surface area contributed by atoms with Crippen LogP contribution in [0.3, 0.4) is 0 Å². The summed E-state index contributed by atoms with van der Waals surface area (Å²) in [4.78, 5) is 30.8. The van der Waals surface area contributed by atoms with E-state index in [9.17, 15) is 9.59 Å². The van der Waals surface area contributed by atoms with E-state index < -0.39 is 11.2 Å². The smallest absolute Gasteiger partial charge is 0.337 e. The number of ether oxygens (including phenoxy) is 1. The van der Waals surface area contributed by atoms with Gasteiger partial charge in [-0.2, -0.15) is 0 Å². The van der Waals surface area contributed by atoms with E-state index in [1.807, 2.05) is 55.5 Å². The summed E-state index contributed by atoms with van der Waals surface area (Å²) in [5.41, 5.74) is 2.46. The molecule has 0 N–H and O–H groups in total. The fraction of sp³-hybridized carbons (Fsp3) is 0.174. The topological polar surface area (TPSA) is 71.0 Å². The molecule has 0 unspecified atom stereocenters. The largest absolute Gasteiger partial charge is 0.496 e. The van der Waals surface area contributed by atoms with Gasteiger partial charge in [-0.15, -0.1) is 6.58 Å². The molecule has 0 saturated heterocycles. The molecule has 152 valence electrons. The van der Waals surface area contributed by atoms with Crippen LogP contribution in [0, 0.1) is 6.92 Å². The minimum Gasteiger partial charge on any atom is -0.496 e. The van der Waals surface area contributed by atoms with E-state index in [4.69, 9.17) is 4.74 Å². The summed E-state index contributed by atoms with van der Waals surface area (Å²) < 4.78 is 9.83. The standard InChI is InChI=1S/C23H22N4O3/c1-4-13-26-22(28)20-21(27(23(26)29)18-11-9-16(2)10-12-18)24-15-25(20)14-17-7-5-6-8-19(17)30-3/h4-12,15H,1,13-14H2,2-3H3. The van der Waals surface area contributed by atoms with Gasteiger partial charge in [-0.05, 0) is 25.1 Å². The van der Waals surface area contributed by atoms with Gasteiger partial charge in [-0.25, -0.2) is 14.3 Å². The second-order valence-corrected chi connectivity index (χ2v) is 7.01. The lowest BCUT2D eigenvalue weighted by atomic mass is 10.2. The third-order valence-electron chi connectivity index (χ3n) is 5.04. The van der Waals surface area contributed by atoms with Crippen molar-refractivity contribution in [1.29, 1.82) is 0 Å². The molecule has 0 aliphatic rings. The Morgan fingerprint density at radius 1 is 1.10 bits per heavy atom. The normalized spacial score (nSPS) is 11.0. The van der Waals surface area contributed by atoms with Gasteiger partial charge in [0.15, 0.2) is 11.2 Å². The summed E-state index contributed by atoms with van der Waals surface area (Å²) in [7, 11) is 1.61. The summed E-state index contributed by atoms with van der Waals surface area (Å²) in [6.45, 7) is 6.16. The quantitative estimate of drug-likeness (QED) is 0.465. The van der Waals surface area contributed by atoms with E-state index in [0.29, 0.717) is 23.4 Å². The third-order valence-corrected chi connectivity index (χ3v) is 5.04. The van der Waals surface area contributed by atoms with E-state index in [0.717, 1.165) is 16.9 Å². The molecule has 0 bridgehead atoms. The fourth-order valence-corrected chi connectivity index (χ4v) is 3.53. The van der Waals surface area contributed by atoms with Crippen molar-refractivity contribution in [3.63, 3.8) is 0 Å². The minimum atomic E-state index is -0.446. The number of imidazole rings is 1. The van der Waals surface area contributed by atoms with E-state index in [-0.39, 0.29) is 6.54 Å². The first kappa shape index (κ1) is 19.4. The maximum Gasteiger partial charge on any atom is 0.337 e. The van der Waals surface area contributed by atoms with E-state index >= 15 is 0 Å². The Labute approximate surface area is 173 Å². The molecule has 0 aliphatic heterocycles. The molecule has 0 radical (unpaired) electrons. The molecule has 7 nitrogen and oxygen atoms in total. The van der Waals surface area contributed by atoms with Crippen LogP contribution in [0.5, 0.6) is 5.75 Å². The van der Waals surface area contributed by atoms with Gasteiger partial charge in [-0.1, -0.05) is 42.0 Å². The Morgan fingerprint density at radius 3 is 2.53 bits per heavy atom. The molecule has 4 aromatic rings. The maximum atomic E-state index is 13.2. The van der Waals surface area contributed by atoms with Gasteiger partial charge >= 0.3 is 5.69 Å². The molecule has 2 aromatic carbocycles. The SMILES string of the molecule is C=CCn1c(=O)c2c(ncn2Cc2ccccc2OC)n(-c2ccc(C)cc2)c1=O. The zero-order valence-electron chi connectivity index (χ0n) is 16.9. The lowest BCUT2D eigenvalue weighted by molar-refractivity contribution is 0.408. The summed E-state index contributed by atoms with van der Waals surface area (Å²) in [6.07, 6.45) is 3.12. The lowest BCUT2D eigenvalue weighted by Gasteiger charge is -2.13. The molecular weight excluding hydrogens is 380 g/mol. The molecule has 2 heterocycles. The van der Waals surface area contributed by atoms with E-state index in [2.05, 4.69) is 11.6 Å². The van der Waals surface area contributed by atoms with Crippen LogP contribution in [-0.4, -0.2) is 25.8 Å². The number of allylic oxidation sites excluding steroid dienone is 1. The maximum absolute atomic E-state index is 13.2. The van der Waals surface area contributed by atoms with E-state index in [1.54, 1.807) is 18.0 Å². The molecule has 0 spiro atoms. The number of rotatable bonds is 6. The molecule has 4 rings (SSSR count). The zero-order valence-corrected chi connectivity index (χ0v) is 16.9. The van der Waals surface area contributed by atoms with Crippen molar-refractivity contribution >= 4 is 11.2 Å². The highest BCUT2D eigenvalue weighted by molar-refractivity contribution is 5.72. The Balaban J connectivity index is 1.99. The average molecular weight is 402 g/mol. The van der Waals surface area contributed by atoms with Crippen molar-refractivity contribution in [2.45, 2.75) is 20.0 Å². The number of aromatic nitrogens is 4. The van der Waals surface area contributed by atoms with Crippen molar-refractivity contribution in [2.75, 3.05) is 7.11 Å². The molecule has 0 amide bonds. The molecule has 0 atom stereocenters. The Bertz CT molecular complexity index is 1340. The predicted octanol–water partition coefficient (Wildman–Crippen LogP) is 2.90. The highest BCUT2D eigenvalue weighted by atomic mass is 16.5. The van der Waals surface area contributed by atoms with Crippen LogP contribution in [0.15, 0.2) is 77.1 Å². The first-order valence-electron chi connectivity index (χ1n) is 9.55. The average Bonchev–Trinajstić information content (AvgIpc) is 3.16. The highest BCUT2D eigenvalue weighted by Gasteiger charge is 2.19. The van der Waals surface area contributed by atoms with Crippen LogP contribution in [0.2, 0.25) is 0 Å². The van der Waals surface area contributed by atoms with Crippen molar-refractivity contribution in [1.82, 2.24) is 18.7 Å². The first-order valence-corrected chi connectivity index (χ1v) is 9.55. The lowest BCUT2D eigenvalue weighted by Crippen LogP contribution is -2.39. The van der Waals surface area contributed by atoms with Gasteiger partial charge in [0.1, 0.15) is 5.75 Å². The molecule has 7 heteroatoms. The summed E-state index contributed by atoms with van der Waals surface area (Å²) in [5, 5.41) is 0. The second-order valence-electron chi connectivity index (χ2n) is 7.01. The first-order chi connectivity index (χ1) is 14.5. The minimum absolute atomic E-state index is 0.110. The van der Waals surface area contributed by atoms with Gasteiger partial charge < -0.3 is 9.30 Å². The zero-order chi connectivity index (χ0) is 21.3. The van der Waals surface area contributed by atoms with Gasteiger partial charge in [-0.3, -0.25) is 9.36 Å². The Morgan fingerprint density at radius 2 is 1.83 bits per heavy atom. The Kier molecular flexibility index (Phi) is 5.10. The monoisotopic (exact) mass is 402 g/mol. The predicted molar refractivity (Wildman–Crippen MR) is 117 cm³/mol. The number of hydrogen-bond donors (Lipinski definition) is 0. The van der Waals surface area contributed by atoms with Crippen LogP contribution in [0.25, 0.3) is 16.9 Å². The number of benzene rings is 2. The molecular formula is C23H22N4O3. The van der Waals surface area contributed by atoms with Gasteiger partial charge in [0.2, 0.25) is 0 Å². The van der Waals surface area contributed by atoms with Crippen LogP contribution in [0.4, 0.5) is 0 Å². The van der Waals surface area contributed by atoms with Crippen molar-refractivity contribution in [3.05, 3.63) is 99.5 Å². The molecule has 2 aromatic heterocycles. The number of methoxy groups -OCH3 is 1. The molecule has 30 heavy (non-hydrogen) atoms. The number of para-hydroxylation sites is 1. The number of nitrogens with zero attached hydrogens (tertiary/aromatic N) is 4. The van der Waals surface area contributed by atoms with Crippen LogP contribution in [0.1, 0.15) is 11.1 Å². The third kappa shape index (κ3) is 3.24. The van der Waals surface area contributed by atoms with Gasteiger partial charge in [0.25, 0.3) is 5.56 Å². The van der Waals surface area contributed by atoms with Crippen molar-refractivity contribution < 1.29 is 4.74 Å². The number of fused-ring (bicyclic) bond motifs is 1. The Hall–Kier alpha value is -3.87. The fourth-order valence-electron chi connectivity index (χ4n) is 3.53. The summed E-state index contributed by atoms with van der Waals surface area (Å²) >= 11 is 0. The van der Waals surface area contributed by atoms with E-state index in [1.165, 1.54) is 15.2 Å². The number of aryl methyl sites for hydroxylation is 1. The van der Waals surface area contributed by atoms with Crippen LogP contribution in [-0.2, 0) is 13.1 Å². The van der Waals surface area contributed by atoms with Crippen molar-refractivity contribution in [3.8, 4) is 11.4 Å². The highest BCUT2D eigenvalue weighted by Crippen LogP contribution is 2.21. The number of hydrogen-bond acceptors (Lipinski definition) is 4. The van der Waals surface area contributed by atoms with Crippen LogP contribution >= 0.6 is 0 Å². The van der Waals surface area contributed by atoms with Crippen LogP contribution < -0.4 is 16.0 Å². The summed E-state index contributed by atoms with van der Waals surface area (Å²) in [6, 6.07) is 15.1. The van der Waals surface area contributed by atoms with Gasteiger partial charge in [0.05, 0.1) is 25.7 Å². The van der Waals surface area contributed by atoms with Gasteiger partial charge in [0, 0.05) is 12.1 Å². The second kappa shape index (κ2) is 7.87. The molecule has 0 fully saturated rings.